The normalized spacial score (nSPS) is 11.6. The minimum Gasteiger partial charge on any atom is -0.497 e. The van der Waals surface area contributed by atoms with Crippen molar-refractivity contribution in [2.24, 2.45) is 0 Å². The zero-order valence-electron chi connectivity index (χ0n) is 17.1. The molecule has 0 heterocycles. The second-order valence-electron chi connectivity index (χ2n) is 7.02. The van der Waals surface area contributed by atoms with Crippen molar-refractivity contribution < 1.29 is 50.0 Å². The first-order valence-electron chi connectivity index (χ1n) is 9.01. The van der Waals surface area contributed by atoms with Gasteiger partial charge in [-0.2, -0.15) is 6.04 Å². The summed E-state index contributed by atoms with van der Waals surface area (Å²) in [6.45, 7) is 6.92. The Labute approximate surface area is 181 Å². The van der Waals surface area contributed by atoms with Gasteiger partial charge in [-0.15, -0.1) is 0 Å². The minimum atomic E-state index is -1.16. The number of hydrogen-bond donors (Lipinski definition) is 2. The summed E-state index contributed by atoms with van der Waals surface area (Å²) in [7, 11) is 1.61. The summed E-state index contributed by atoms with van der Waals surface area (Å²) < 4.78 is 15.2. The molecule has 0 aliphatic heterocycles. The molecule has 0 saturated heterocycles. The van der Waals surface area contributed by atoms with E-state index in [-0.39, 0.29) is 40.1 Å². The van der Waals surface area contributed by atoms with Crippen LogP contribution in [0.25, 0.3) is 0 Å². The molecule has 0 fully saturated rings. The maximum atomic E-state index is 12.1. The van der Waals surface area contributed by atoms with Gasteiger partial charge in [0.25, 0.3) is 0 Å². The van der Waals surface area contributed by atoms with Crippen molar-refractivity contribution in [3.63, 3.8) is 0 Å². The van der Waals surface area contributed by atoms with Crippen LogP contribution in [0.15, 0.2) is 24.3 Å². The molecule has 0 aliphatic carbocycles. The first-order valence-corrected chi connectivity index (χ1v) is 9.01. The second-order valence-corrected chi connectivity index (χ2v) is 7.02. The third-order valence-electron chi connectivity index (χ3n) is 3.57. The molecule has 1 aromatic carbocycles. The Hall–Kier alpha value is -1.72. The minimum absolute atomic E-state index is 0. The average molecular weight is 564 g/mol. The number of hydrogen-bond acceptors (Lipinski definition) is 6. The molecule has 158 valence electrons. The molecule has 0 saturated carbocycles. The molecule has 0 aliphatic rings. The maximum Gasteiger partial charge on any atom is 0.381 e. The molecule has 28 heavy (non-hydrogen) atoms. The van der Waals surface area contributed by atoms with Gasteiger partial charge in [0, 0.05) is 21.1 Å². The van der Waals surface area contributed by atoms with Crippen LogP contribution < -0.4 is 10.1 Å². The van der Waals surface area contributed by atoms with Crippen LogP contribution in [-0.4, -0.2) is 42.6 Å². The van der Waals surface area contributed by atoms with Crippen molar-refractivity contribution in [1.29, 1.82) is 0 Å². The Morgan fingerprint density at radius 2 is 1.82 bits per heavy atom. The van der Waals surface area contributed by atoms with E-state index >= 15 is 0 Å². The summed E-state index contributed by atoms with van der Waals surface area (Å²) in [6, 6.07) is 7.42. The fourth-order valence-electron chi connectivity index (χ4n) is 2.33. The number of ether oxygens (including phenoxy) is 3. The number of aliphatic hydroxyl groups is 1. The molecule has 1 aromatic rings. The molecule has 1 atom stereocenters. The molecule has 0 spiro atoms. The molecule has 0 bridgehead atoms. The molecule has 1 amide bonds. The summed E-state index contributed by atoms with van der Waals surface area (Å²) in [4.78, 5) is 24.0. The number of benzene rings is 1. The fraction of sp³-hybridized carbons (Fsp3) is 0.550. The third kappa shape index (κ3) is 10.00. The second kappa shape index (κ2) is 12.7. The van der Waals surface area contributed by atoms with Crippen LogP contribution in [-0.2, 0) is 41.8 Å². The average Bonchev–Trinajstić information content (AvgIpc) is 2.58. The van der Waals surface area contributed by atoms with Gasteiger partial charge in [-0.3, -0.25) is 4.79 Å². The van der Waals surface area contributed by atoms with Crippen LogP contribution in [0.3, 0.4) is 0 Å². The van der Waals surface area contributed by atoms with Gasteiger partial charge in [0.15, 0.2) is 5.97 Å². The quantitative estimate of drug-likeness (QED) is 0.354. The number of rotatable bonds is 9. The van der Waals surface area contributed by atoms with Crippen LogP contribution in [0.2, 0.25) is 0 Å². The van der Waals surface area contributed by atoms with E-state index < -0.39 is 23.8 Å². The van der Waals surface area contributed by atoms with Crippen LogP contribution in [0, 0.1) is 6.04 Å². The Morgan fingerprint density at radius 3 is 2.32 bits per heavy atom. The van der Waals surface area contributed by atoms with Crippen molar-refractivity contribution in [3.8, 4) is 5.75 Å². The number of aliphatic hydroxyl groups excluding tert-OH is 1. The third-order valence-corrected chi connectivity index (χ3v) is 3.57. The molecular weight excluding hydrogens is 534 g/mol. The number of nitrogens with one attached hydrogen (secondary N) is 1. The van der Waals surface area contributed by atoms with E-state index in [4.69, 9.17) is 14.2 Å². The first-order chi connectivity index (χ1) is 12.7. The summed E-state index contributed by atoms with van der Waals surface area (Å²) in [5.41, 5.74) is 0.365. The zero-order chi connectivity index (χ0) is 20.4. The van der Waals surface area contributed by atoms with Crippen LogP contribution in [0.1, 0.15) is 46.1 Å². The smallest absolute Gasteiger partial charge is 0.381 e. The van der Waals surface area contributed by atoms with Gasteiger partial charge in [0.2, 0.25) is 0 Å². The number of amides is 1. The predicted octanol–water partition coefficient (Wildman–Crippen LogP) is 3.00. The molecule has 7 nitrogen and oxygen atoms in total. The van der Waals surface area contributed by atoms with Crippen molar-refractivity contribution in [2.45, 2.75) is 58.7 Å². The van der Waals surface area contributed by atoms with Gasteiger partial charge in [-0.1, -0.05) is 18.6 Å². The summed E-state index contributed by atoms with van der Waals surface area (Å²) in [5.74, 6) is 0.0126. The van der Waals surface area contributed by atoms with Gasteiger partial charge in [-0.05, 0) is 64.3 Å². The number of esters is 1. The van der Waals surface area contributed by atoms with Crippen molar-refractivity contribution in [1.82, 2.24) is 5.32 Å². The van der Waals surface area contributed by atoms with Crippen LogP contribution in [0.4, 0.5) is 4.79 Å². The SMILES string of the molecule is CCOC(=O)[C-](NC(=O)OC(C)(C)C)C(O)CCCc1ccc(OC)cc1.[W]. The number of aryl methyl sites for hydroxylation is 1. The fourth-order valence-corrected chi connectivity index (χ4v) is 2.33. The Balaban J connectivity index is 0.00000729. The molecule has 2 N–H and O–H groups in total. The topological polar surface area (TPSA) is 94.1 Å². The van der Waals surface area contributed by atoms with Gasteiger partial charge in [0.1, 0.15) is 11.4 Å². The molecule has 8 heteroatoms. The standard InChI is InChI=1S/C20H30NO6.W/c1-6-26-18(23)17(21-19(24)27-20(2,3)4)16(22)9-7-8-14-10-12-15(25-5)13-11-14;/h10-13,16,22H,6-9H2,1-5H3,(H,21,24);/q-1;. The van der Waals surface area contributed by atoms with E-state index in [1.54, 1.807) is 34.8 Å². The first kappa shape index (κ1) is 26.3. The molecule has 1 unspecified atom stereocenters. The van der Waals surface area contributed by atoms with Crippen LogP contribution in [0.5, 0.6) is 5.75 Å². The van der Waals surface area contributed by atoms with E-state index in [1.165, 1.54) is 0 Å². The zero-order valence-corrected chi connectivity index (χ0v) is 20.0. The Bertz CT molecular complexity index is 600. The monoisotopic (exact) mass is 564 g/mol. The predicted molar refractivity (Wildman–Crippen MR) is 101 cm³/mol. The van der Waals surface area contributed by atoms with E-state index in [0.29, 0.717) is 12.8 Å². The van der Waals surface area contributed by atoms with Gasteiger partial charge in [0.05, 0.1) is 13.7 Å². The molecule has 0 radical (unpaired) electrons. The molecule has 0 aromatic heterocycles. The van der Waals surface area contributed by atoms with Crippen molar-refractivity contribution >= 4 is 12.1 Å². The number of carbonyl (C=O) groups is 2. The molecule has 1 rings (SSSR count). The Morgan fingerprint density at radius 1 is 1.21 bits per heavy atom. The Kier molecular flexibility index (Phi) is 11.9. The van der Waals surface area contributed by atoms with Crippen molar-refractivity contribution in [2.75, 3.05) is 13.7 Å². The van der Waals surface area contributed by atoms with Gasteiger partial charge in [-0.25, -0.2) is 4.79 Å². The number of alkyl carbamates (subject to hydrolysis) is 1. The summed E-state index contributed by atoms with van der Waals surface area (Å²) in [6.07, 6.45) is -0.346. The number of carbonyl (C=O) groups excluding carboxylic acids is 2. The van der Waals surface area contributed by atoms with Crippen LogP contribution >= 0.6 is 0 Å². The largest absolute Gasteiger partial charge is 0.497 e. The van der Waals surface area contributed by atoms with E-state index in [1.807, 2.05) is 24.3 Å². The molecular formula is C20H30NO6W-. The summed E-state index contributed by atoms with van der Waals surface area (Å²) >= 11 is 0. The summed E-state index contributed by atoms with van der Waals surface area (Å²) in [5, 5.41) is 12.7. The van der Waals surface area contributed by atoms with Crippen molar-refractivity contribution in [3.05, 3.63) is 35.9 Å². The van der Waals surface area contributed by atoms with E-state index in [9.17, 15) is 14.7 Å². The maximum absolute atomic E-state index is 12.1. The van der Waals surface area contributed by atoms with Gasteiger partial charge >= 0.3 is 6.09 Å². The van der Waals surface area contributed by atoms with Gasteiger partial charge < -0.3 is 24.6 Å². The van der Waals surface area contributed by atoms with E-state index in [0.717, 1.165) is 11.3 Å². The number of methoxy groups -OCH3 is 1. The van der Waals surface area contributed by atoms with E-state index in [2.05, 4.69) is 5.32 Å².